The first-order valence-corrected chi connectivity index (χ1v) is 7.41. The fourth-order valence-electron chi connectivity index (χ4n) is 2.15. The summed E-state index contributed by atoms with van der Waals surface area (Å²) < 4.78 is 0. The molecule has 1 rings (SSSR count). The Kier molecular flexibility index (Phi) is 6.88. The molecule has 1 unspecified atom stereocenters. The number of likely N-dealkylation sites (tertiary alicyclic amines) is 1. The van der Waals surface area contributed by atoms with Gasteiger partial charge in [0.25, 0.3) is 0 Å². The number of carbonyl (C=O) groups is 1. The number of carbonyl (C=O) groups excluding carboxylic acids is 1. The van der Waals surface area contributed by atoms with Crippen LogP contribution in [0, 0.1) is 0 Å². The Morgan fingerprint density at radius 1 is 1.44 bits per heavy atom. The fraction of sp³-hybridized carbons (Fsp3) is 0.917. The molecule has 1 aliphatic rings. The third-order valence-corrected chi connectivity index (χ3v) is 4.05. The lowest BCUT2D eigenvalue weighted by atomic mass is 10.2. The average molecular weight is 244 g/mol. The molecule has 0 aliphatic carbocycles. The van der Waals surface area contributed by atoms with Gasteiger partial charge in [-0.05, 0) is 32.1 Å². The maximum Gasteiger partial charge on any atom is 0.234 e. The van der Waals surface area contributed by atoms with E-state index in [4.69, 9.17) is 0 Å². The largest absolute Gasteiger partial charge is 0.355 e. The van der Waals surface area contributed by atoms with Crippen molar-refractivity contribution in [2.75, 3.05) is 31.9 Å². The Morgan fingerprint density at radius 3 is 2.94 bits per heavy atom. The molecular formula is C12H24N2OS. The number of hydrogen-bond donors (Lipinski definition) is 1. The number of nitrogens with one attached hydrogen (secondary N) is 1. The molecule has 1 fully saturated rings. The van der Waals surface area contributed by atoms with Crippen molar-refractivity contribution >= 4 is 17.7 Å². The smallest absolute Gasteiger partial charge is 0.234 e. The van der Waals surface area contributed by atoms with Crippen molar-refractivity contribution in [1.29, 1.82) is 0 Å². The van der Waals surface area contributed by atoms with Gasteiger partial charge in [0.2, 0.25) is 5.91 Å². The van der Waals surface area contributed by atoms with Crippen molar-refractivity contribution in [1.82, 2.24) is 10.2 Å². The Bertz CT molecular complexity index is 211. The van der Waals surface area contributed by atoms with Crippen LogP contribution >= 0.6 is 11.8 Å². The lowest BCUT2D eigenvalue weighted by Gasteiger charge is -2.23. The summed E-state index contributed by atoms with van der Waals surface area (Å²) in [6.45, 7) is 7.65. The summed E-state index contributed by atoms with van der Waals surface area (Å²) in [5.74, 6) is 1.35. The monoisotopic (exact) mass is 244 g/mol. The highest BCUT2D eigenvalue weighted by molar-refractivity contribution is 7.99. The van der Waals surface area contributed by atoms with Crippen molar-refractivity contribution in [3.05, 3.63) is 0 Å². The van der Waals surface area contributed by atoms with Crippen LogP contribution in [0.2, 0.25) is 0 Å². The van der Waals surface area contributed by atoms with Gasteiger partial charge in [0, 0.05) is 18.3 Å². The van der Waals surface area contributed by atoms with Gasteiger partial charge in [0.05, 0.1) is 6.54 Å². The van der Waals surface area contributed by atoms with E-state index in [0.29, 0.717) is 6.54 Å². The average Bonchev–Trinajstić information content (AvgIpc) is 2.44. The van der Waals surface area contributed by atoms with Crippen molar-refractivity contribution in [2.45, 2.75) is 38.4 Å². The first-order valence-electron chi connectivity index (χ1n) is 6.37. The minimum atomic E-state index is 0.171. The van der Waals surface area contributed by atoms with Crippen LogP contribution in [0.4, 0.5) is 0 Å². The standard InChI is InChI=1S/C12H24N2OS/c1-3-13-12(15)10-14-8-6-5-7-11(9-14)16-4-2/h11H,3-10H2,1-2H3,(H,13,15). The number of hydrogen-bond acceptors (Lipinski definition) is 3. The van der Waals surface area contributed by atoms with Crippen molar-refractivity contribution < 1.29 is 4.79 Å². The maximum atomic E-state index is 11.5. The van der Waals surface area contributed by atoms with E-state index in [0.717, 1.165) is 24.9 Å². The van der Waals surface area contributed by atoms with Crippen LogP contribution < -0.4 is 5.32 Å². The van der Waals surface area contributed by atoms with Crippen LogP contribution in [-0.4, -0.2) is 48.0 Å². The maximum absolute atomic E-state index is 11.5. The Hall–Kier alpha value is -0.220. The number of nitrogens with zero attached hydrogens (tertiary/aromatic N) is 1. The van der Waals surface area contributed by atoms with Crippen LogP contribution in [-0.2, 0) is 4.79 Å². The Labute approximate surface area is 103 Å². The highest BCUT2D eigenvalue weighted by Gasteiger charge is 2.19. The van der Waals surface area contributed by atoms with E-state index < -0.39 is 0 Å². The van der Waals surface area contributed by atoms with E-state index >= 15 is 0 Å². The molecule has 0 aromatic carbocycles. The Balaban J connectivity index is 2.36. The van der Waals surface area contributed by atoms with Crippen molar-refractivity contribution in [3.63, 3.8) is 0 Å². The first-order chi connectivity index (χ1) is 7.76. The topological polar surface area (TPSA) is 32.3 Å². The van der Waals surface area contributed by atoms with E-state index in [9.17, 15) is 4.79 Å². The number of amides is 1. The third-order valence-electron chi connectivity index (χ3n) is 2.86. The summed E-state index contributed by atoms with van der Waals surface area (Å²) in [4.78, 5) is 13.8. The SMILES string of the molecule is CCNC(=O)CN1CCCCC(SCC)C1. The second-order valence-electron chi connectivity index (χ2n) is 4.26. The molecule has 0 aromatic heterocycles. The fourth-order valence-corrected chi connectivity index (χ4v) is 3.27. The summed E-state index contributed by atoms with van der Waals surface area (Å²) >= 11 is 2.04. The van der Waals surface area contributed by atoms with Gasteiger partial charge in [0.1, 0.15) is 0 Å². The molecule has 1 atom stereocenters. The van der Waals surface area contributed by atoms with Gasteiger partial charge in [-0.3, -0.25) is 9.69 Å². The summed E-state index contributed by atoms with van der Waals surface area (Å²) in [5, 5.41) is 3.60. The zero-order valence-corrected chi connectivity index (χ0v) is 11.3. The molecule has 0 saturated carbocycles. The number of rotatable bonds is 5. The van der Waals surface area contributed by atoms with E-state index in [2.05, 4.69) is 17.1 Å². The van der Waals surface area contributed by atoms with Crippen LogP contribution in [0.15, 0.2) is 0 Å². The molecule has 1 saturated heterocycles. The second kappa shape index (κ2) is 7.96. The van der Waals surface area contributed by atoms with E-state index in [1.54, 1.807) is 0 Å². The van der Waals surface area contributed by atoms with Crippen molar-refractivity contribution in [2.24, 2.45) is 0 Å². The first kappa shape index (κ1) is 13.8. The summed E-state index contributed by atoms with van der Waals surface area (Å²) in [7, 11) is 0. The lowest BCUT2D eigenvalue weighted by molar-refractivity contribution is -0.122. The van der Waals surface area contributed by atoms with Gasteiger partial charge in [-0.15, -0.1) is 0 Å². The molecule has 1 heterocycles. The third kappa shape index (κ3) is 5.21. The molecule has 3 nitrogen and oxygen atoms in total. The van der Waals surface area contributed by atoms with Gasteiger partial charge in [-0.2, -0.15) is 11.8 Å². The molecule has 94 valence electrons. The van der Waals surface area contributed by atoms with Crippen LogP contribution in [0.5, 0.6) is 0 Å². The Morgan fingerprint density at radius 2 is 2.25 bits per heavy atom. The minimum absolute atomic E-state index is 0.171. The molecule has 4 heteroatoms. The van der Waals surface area contributed by atoms with Crippen LogP contribution in [0.1, 0.15) is 33.1 Å². The van der Waals surface area contributed by atoms with E-state index in [-0.39, 0.29) is 5.91 Å². The predicted octanol–water partition coefficient (Wildman–Crippen LogP) is 1.73. The zero-order valence-electron chi connectivity index (χ0n) is 10.5. The van der Waals surface area contributed by atoms with Crippen LogP contribution in [0.25, 0.3) is 0 Å². The van der Waals surface area contributed by atoms with Gasteiger partial charge < -0.3 is 5.32 Å². The highest BCUT2D eigenvalue weighted by atomic mass is 32.2. The second-order valence-corrected chi connectivity index (χ2v) is 5.84. The summed E-state index contributed by atoms with van der Waals surface area (Å²) in [5.41, 5.74) is 0. The predicted molar refractivity (Wildman–Crippen MR) is 70.9 cm³/mol. The highest BCUT2D eigenvalue weighted by Crippen LogP contribution is 2.21. The molecule has 1 aliphatic heterocycles. The molecule has 1 amide bonds. The number of thioether (sulfide) groups is 1. The molecule has 0 radical (unpaired) electrons. The van der Waals surface area contributed by atoms with Gasteiger partial charge in [-0.1, -0.05) is 13.3 Å². The molecule has 0 aromatic rings. The van der Waals surface area contributed by atoms with Gasteiger partial charge in [0.15, 0.2) is 0 Å². The van der Waals surface area contributed by atoms with E-state index in [1.807, 2.05) is 18.7 Å². The molecule has 0 spiro atoms. The lowest BCUT2D eigenvalue weighted by Crippen LogP contribution is -2.39. The summed E-state index contributed by atoms with van der Waals surface area (Å²) in [6.07, 6.45) is 3.86. The quantitative estimate of drug-likeness (QED) is 0.799. The number of likely N-dealkylation sites (N-methyl/N-ethyl adjacent to an activating group) is 1. The normalized spacial score (nSPS) is 22.8. The summed E-state index contributed by atoms with van der Waals surface area (Å²) in [6, 6.07) is 0. The minimum Gasteiger partial charge on any atom is -0.355 e. The molecule has 0 bridgehead atoms. The van der Waals surface area contributed by atoms with Crippen LogP contribution in [0.3, 0.4) is 0 Å². The zero-order chi connectivity index (χ0) is 11.8. The molecular weight excluding hydrogens is 220 g/mol. The molecule has 1 N–H and O–H groups in total. The van der Waals surface area contributed by atoms with Gasteiger partial charge in [-0.25, -0.2) is 0 Å². The van der Waals surface area contributed by atoms with Crippen molar-refractivity contribution in [3.8, 4) is 0 Å². The van der Waals surface area contributed by atoms with E-state index in [1.165, 1.54) is 25.0 Å². The van der Waals surface area contributed by atoms with Gasteiger partial charge >= 0.3 is 0 Å². The molecule has 16 heavy (non-hydrogen) atoms.